The number of nitrogens with two attached hydrogens (primary N) is 1. The predicted octanol–water partition coefficient (Wildman–Crippen LogP) is 0.407. The quantitative estimate of drug-likeness (QED) is 0.690. The van der Waals surface area contributed by atoms with Gasteiger partial charge in [-0.1, -0.05) is 0 Å². The van der Waals surface area contributed by atoms with Gasteiger partial charge in [-0.05, 0) is 26.7 Å². The van der Waals surface area contributed by atoms with Gasteiger partial charge in [-0.2, -0.15) is 0 Å². The van der Waals surface area contributed by atoms with Gasteiger partial charge in [-0.25, -0.2) is 0 Å². The topological polar surface area (TPSA) is 64.3 Å². The van der Waals surface area contributed by atoms with Crippen molar-refractivity contribution in [2.75, 3.05) is 7.11 Å². The fraction of sp³-hybridized carbons (Fsp3) is 0.900. The normalized spacial score (nSPS) is 32.4. The number of ether oxygens (including phenoxy) is 1. The van der Waals surface area contributed by atoms with Crippen molar-refractivity contribution < 1.29 is 9.53 Å². The van der Waals surface area contributed by atoms with E-state index < -0.39 is 5.54 Å². The van der Waals surface area contributed by atoms with Gasteiger partial charge in [0.05, 0.1) is 6.10 Å². The first kappa shape index (κ1) is 11.5. The van der Waals surface area contributed by atoms with Crippen LogP contribution >= 0.6 is 0 Å². The summed E-state index contributed by atoms with van der Waals surface area (Å²) in [6.45, 7) is 4.04. The average molecular weight is 200 g/mol. The van der Waals surface area contributed by atoms with E-state index in [1.807, 2.05) is 13.8 Å². The van der Waals surface area contributed by atoms with E-state index in [4.69, 9.17) is 10.5 Å². The number of hydrogen-bond acceptors (Lipinski definition) is 3. The maximum absolute atomic E-state index is 11.4. The molecule has 0 spiro atoms. The molecular formula is C10H20N2O2. The number of rotatable bonds is 4. The number of carbonyl (C=O) groups is 1. The highest BCUT2D eigenvalue weighted by atomic mass is 16.5. The van der Waals surface area contributed by atoms with Crippen LogP contribution < -0.4 is 11.1 Å². The van der Waals surface area contributed by atoms with Gasteiger partial charge in [-0.3, -0.25) is 4.79 Å². The van der Waals surface area contributed by atoms with Crippen LogP contribution in [0.3, 0.4) is 0 Å². The van der Waals surface area contributed by atoms with Crippen LogP contribution in [-0.4, -0.2) is 30.7 Å². The molecule has 0 radical (unpaired) electrons. The Hall–Kier alpha value is -0.610. The van der Waals surface area contributed by atoms with Gasteiger partial charge < -0.3 is 15.8 Å². The molecule has 14 heavy (non-hydrogen) atoms. The Labute approximate surface area is 85.2 Å². The fourth-order valence-corrected chi connectivity index (χ4v) is 2.18. The monoisotopic (exact) mass is 200 g/mol. The number of methoxy groups -OCH3 is 1. The molecule has 82 valence electrons. The third-order valence-corrected chi connectivity index (χ3v) is 2.84. The Morgan fingerprint density at radius 3 is 2.64 bits per heavy atom. The molecule has 1 rings (SSSR count). The minimum absolute atomic E-state index is 0.161. The summed E-state index contributed by atoms with van der Waals surface area (Å²) in [7, 11) is 1.68. The van der Waals surface area contributed by atoms with Crippen LogP contribution in [-0.2, 0) is 9.53 Å². The Balaban J connectivity index is 2.70. The van der Waals surface area contributed by atoms with Crippen molar-refractivity contribution in [2.24, 2.45) is 5.73 Å². The zero-order valence-corrected chi connectivity index (χ0v) is 9.17. The van der Waals surface area contributed by atoms with E-state index in [-0.39, 0.29) is 18.1 Å². The van der Waals surface area contributed by atoms with Crippen LogP contribution in [0.5, 0.6) is 0 Å². The third kappa shape index (κ3) is 2.25. The largest absolute Gasteiger partial charge is 0.381 e. The number of nitrogens with one attached hydrogen (secondary N) is 1. The van der Waals surface area contributed by atoms with E-state index in [1.165, 1.54) is 0 Å². The van der Waals surface area contributed by atoms with Crippen molar-refractivity contribution in [1.29, 1.82) is 0 Å². The van der Waals surface area contributed by atoms with E-state index in [2.05, 4.69) is 5.32 Å². The first-order valence-corrected chi connectivity index (χ1v) is 5.10. The van der Waals surface area contributed by atoms with Gasteiger partial charge in [0.15, 0.2) is 0 Å². The van der Waals surface area contributed by atoms with Crippen molar-refractivity contribution >= 4 is 5.91 Å². The molecule has 0 aromatic heterocycles. The molecule has 2 unspecified atom stereocenters. The van der Waals surface area contributed by atoms with Crippen LogP contribution in [0.2, 0.25) is 0 Å². The Morgan fingerprint density at radius 1 is 1.64 bits per heavy atom. The van der Waals surface area contributed by atoms with E-state index in [9.17, 15) is 4.79 Å². The van der Waals surface area contributed by atoms with Crippen molar-refractivity contribution in [3.05, 3.63) is 0 Å². The highest BCUT2D eigenvalue weighted by Gasteiger charge is 2.44. The van der Waals surface area contributed by atoms with Gasteiger partial charge in [-0.15, -0.1) is 0 Å². The van der Waals surface area contributed by atoms with Crippen LogP contribution in [0, 0.1) is 0 Å². The molecule has 0 aromatic carbocycles. The zero-order chi connectivity index (χ0) is 10.8. The molecule has 0 aromatic rings. The predicted molar refractivity (Wildman–Crippen MR) is 54.8 cm³/mol. The molecule has 0 saturated heterocycles. The first-order chi connectivity index (χ1) is 6.50. The Kier molecular flexibility index (Phi) is 3.50. The number of hydrogen-bond donors (Lipinski definition) is 2. The molecule has 1 saturated carbocycles. The second kappa shape index (κ2) is 4.28. The van der Waals surface area contributed by atoms with Gasteiger partial charge in [0.2, 0.25) is 5.91 Å². The van der Waals surface area contributed by atoms with Crippen molar-refractivity contribution in [2.45, 2.75) is 50.8 Å². The number of carbonyl (C=O) groups excluding carboxylic acids is 1. The summed E-state index contributed by atoms with van der Waals surface area (Å²) in [5.74, 6) is -0.259. The molecule has 4 nitrogen and oxygen atoms in total. The summed E-state index contributed by atoms with van der Waals surface area (Å²) >= 11 is 0. The molecule has 4 heteroatoms. The molecule has 1 fully saturated rings. The van der Waals surface area contributed by atoms with Crippen LogP contribution in [0.4, 0.5) is 0 Å². The molecule has 2 atom stereocenters. The number of primary amides is 1. The Bertz CT molecular complexity index is 218. The lowest BCUT2D eigenvalue weighted by Gasteiger charge is -2.29. The average Bonchev–Trinajstić information content (AvgIpc) is 2.48. The highest BCUT2D eigenvalue weighted by Crippen LogP contribution is 2.31. The summed E-state index contributed by atoms with van der Waals surface area (Å²) in [6, 6.07) is 0.262. The fourth-order valence-electron chi connectivity index (χ4n) is 2.18. The lowest BCUT2D eigenvalue weighted by molar-refractivity contribution is -0.124. The van der Waals surface area contributed by atoms with Gasteiger partial charge >= 0.3 is 0 Å². The summed E-state index contributed by atoms with van der Waals surface area (Å²) in [6.07, 6.45) is 2.53. The van der Waals surface area contributed by atoms with Crippen molar-refractivity contribution in [1.82, 2.24) is 5.32 Å². The molecule has 0 heterocycles. The van der Waals surface area contributed by atoms with E-state index in [0.717, 1.165) is 12.8 Å². The van der Waals surface area contributed by atoms with E-state index in [1.54, 1.807) is 7.11 Å². The smallest absolute Gasteiger partial charge is 0.237 e. The van der Waals surface area contributed by atoms with Crippen molar-refractivity contribution in [3.63, 3.8) is 0 Å². The lowest BCUT2D eigenvalue weighted by atomic mass is 9.95. The summed E-state index contributed by atoms with van der Waals surface area (Å²) < 4.78 is 5.25. The summed E-state index contributed by atoms with van der Waals surface area (Å²) in [4.78, 5) is 11.4. The maximum Gasteiger partial charge on any atom is 0.237 e. The van der Waals surface area contributed by atoms with Crippen LogP contribution in [0.15, 0.2) is 0 Å². The van der Waals surface area contributed by atoms with Gasteiger partial charge in [0.25, 0.3) is 0 Å². The van der Waals surface area contributed by atoms with Crippen LogP contribution in [0.1, 0.15) is 33.1 Å². The summed E-state index contributed by atoms with van der Waals surface area (Å²) in [5.41, 5.74) is 4.89. The summed E-state index contributed by atoms with van der Waals surface area (Å²) in [5, 5.41) is 3.26. The first-order valence-electron chi connectivity index (χ1n) is 5.10. The highest BCUT2D eigenvalue weighted by molar-refractivity contribution is 5.85. The molecule has 0 aliphatic heterocycles. The van der Waals surface area contributed by atoms with Gasteiger partial charge in [0.1, 0.15) is 5.54 Å². The minimum atomic E-state index is -0.547. The maximum atomic E-state index is 11.4. The minimum Gasteiger partial charge on any atom is -0.381 e. The van der Waals surface area contributed by atoms with Crippen LogP contribution in [0.25, 0.3) is 0 Å². The standard InChI is InChI=1S/C10H20N2O2/c1-7(2)12-10(9(11)13)5-4-8(6-10)14-3/h7-8,12H,4-6H2,1-3H3,(H2,11,13). The van der Waals surface area contributed by atoms with Gasteiger partial charge in [0, 0.05) is 19.6 Å². The Morgan fingerprint density at radius 2 is 2.29 bits per heavy atom. The molecule has 1 amide bonds. The third-order valence-electron chi connectivity index (χ3n) is 2.84. The SMILES string of the molecule is COC1CCC(NC(C)C)(C(N)=O)C1. The van der Waals surface area contributed by atoms with E-state index in [0.29, 0.717) is 6.42 Å². The van der Waals surface area contributed by atoms with E-state index >= 15 is 0 Å². The second-order valence-corrected chi connectivity index (χ2v) is 4.35. The molecule has 1 aliphatic rings. The zero-order valence-electron chi connectivity index (χ0n) is 9.17. The lowest BCUT2D eigenvalue weighted by Crippen LogP contribution is -2.56. The number of amides is 1. The molecule has 0 bridgehead atoms. The second-order valence-electron chi connectivity index (χ2n) is 4.35. The van der Waals surface area contributed by atoms with Crippen molar-refractivity contribution in [3.8, 4) is 0 Å². The molecule has 1 aliphatic carbocycles. The molecular weight excluding hydrogens is 180 g/mol. The molecule has 3 N–H and O–H groups in total.